The molecule has 0 bridgehead atoms. The van der Waals surface area contributed by atoms with Crippen molar-refractivity contribution in [3.05, 3.63) is 71.3 Å². The third kappa shape index (κ3) is 1.94. The topological polar surface area (TPSA) is 23.8 Å². The fourth-order valence-electron chi connectivity index (χ4n) is 2.44. The number of hydrogen-bond acceptors (Lipinski definition) is 1. The van der Waals surface area contributed by atoms with Crippen molar-refractivity contribution in [2.45, 2.75) is 18.3 Å². The molecule has 82 valence electrons. The minimum absolute atomic E-state index is 0.644. The zero-order chi connectivity index (χ0) is 11.7. The number of nitrogens with zero attached hydrogens (tertiary/aromatic N) is 1. The first kappa shape index (κ1) is 10.1. The van der Waals surface area contributed by atoms with Gasteiger partial charge in [-0.1, -0.05) is 42.5 Å². The highest BCUT2D eigenvalue weighted by molar-refractivity contribution is 5.39. The van der Waals surface area contributed by atoms with Gasteiger partial charge in [0.1, 0.15) is 0 Å². The molecule has 17 heavy (non-hydrogen) atoms. The molecular formula is C16H13N. The highest BCUT2D eigenvalue weighted by atomic mass is 14.4. The molecular weight excluding hydrogens is 206 g/mol. The van der Waals surface area contributed by atoms with E-state index in [1.165, 1.54) is 17.5 Å². The summed E-state index contributed by atoms with van der Waals surface area (Å²) in [4.78, 5) is 0. The second kappa shape index (κ2) is 4.07. The van der Waals surface area contributed by atoms with Gasteiger partial charge in [0, 0.05) is 0 Å². The lowest BCUT2D eigenvalue weighted by atomic mass is 10.0. The fraction of sp³-hybridized carbons (Fsp3) is 0.188. The number of benzene rings is 2. The number of hydrogen-bond donors (Lipinski definition) is 0. The molecule has 0 aromatic heterocycles. The Bertz CT molecular complexity index is 548. The van der Waals surface area contributed by atoms with Crippen molar-refractivity contribution in [1.29, 1.82) is 5.26 Å². The second-order valence-electron chi connectivity index (χ2n) is 4.59. The van der Waals surface area contributed by atoms with E-state index in [2.05, 4.69) is 48.5 Å². The molecule has 0 radical (unpaired) electrons. The highest BCUT2D eigenvalue weighted by Crippen LogP contribution is 2.54. The van der Waals surface area contributed by atoms with E-state index < -0.39 is 0 Å². The van der Waals surface area contributed by atoms with Crippen LogP contribution in [0, 0.1) is 11.3 Å². The fourth-order valence-corrected chi connectivity index (χ4v) is 2.44. The Balaban J connectivity index is 1.78. The van der Waals surface area contributed by atoms with Crippen molar-refractivity contribution in [1.82, 2.24) is 0 Å². The quantitative estimate of drug-likeness (QED) is 0.753. The SMILES string of the molecule is N#Cc1ccc([C@@H]2C[C@H]2c2ccccc2)cc1. The minimum atomic E-state index is 0.644. The standard InChI is InChI=1S/C16H13N/c17-11-12-6-8-14(9-7-12)16-10-15(16)13-4-2-1-3-5-13/h1-9,15-16H,10H2/t15-,16-/m0/s1. The molecule has 1 fully saturated rings. The van der Waals surface area contributed by atoms with Gasteiger partial charge in [-0.05, 0) is 41.5 Å². The molecule has 0 spiro atoms. The third-order valence-corrected chi connectivity index (χ3v) is 3.49. The van der Waals surface area contributed by atoms with Crippen molar-refractivity contribution < 1.29 is 0 Å². The molecule has 0 heterocycles. The molecule has 1 aliphatic rings. The van der Waals surface area contributed by atoms with Crippen LogP contribution in [0.15, 0.2) is 54.6 Å². The zero-order valence-electron chi connectivity index (χ0n) is 9.51. The second-order valence-corrected chi connectivity index (χ2v) is 4.59. The zero-order valence-corrected chi connectivity index (χ0v) is 9.51. The number of rotatable bonds is 2. The third-order valence-electron chi connectivity index (χ3n) is 3.49. The van der Waals surface area contributed by atoms with E-state index in [1.54, 1.807) is 0 Å². The van der Waals surface area contributed by atoms with Crippen molar-refractivity contribution in [3.63, 3.8) is 0 Å². The number of nitriles is 1. The van der Waals surface area contributed by atoms with Crippen LogP contribution in [-0.4, -0.2) is 0 Å². The smallest absolute Gasteiger partial charge is 0.0991 e. The lowest BCUT2D eigenvalue weighted by Crippen LogP contribution is -1.84. The van der Waals surface area contributed by atoms with Crippen molar-refractivity contribution in [2.24, 2.45) is 0 Å². The first-order valence-corrected chi connectivity index (χ1v) is 5.93. The van der Waals surface area contributed by atoms with Crippen LogP contribution in [-0.2, 0) is 0 Å². The van der Waals surface area contributed by atoms with Crippen LogP contribution in [0.25, 0.3) is 0 Å². The predicted octanol–water partition coefficient (Wildman–Crippen LogP) is 3.83. The van der Waals surface area contributed by atoms with E-state index in [9.17, 15) is 0 Å². The molecule has 0 N–H and O–H groups in total. The van der Waals surface area contributed by atoms with E-state index >= 15 is 0 Å². The largest absolute Gasteiger partial charge is 0.192 e. The molecule has 2 aromatic carbocycles. The van der Waals surface area contributed by atoms with Gasteiger partial charge in [0.05, 0.1) is 11.6 Å². The summed E-state index contributed by atoms with van der Waals surface area (Å²) in [6.45, 7) is 0. The summed E-state index contributed by atoms with van der Waals surface area (Å²) in [6, 6.07) is 20.8. The maximum Gasteiger partial charge on any atom is 0.0991 e. The molecule has 0 saturated heterocycles. The van der Waals surface area contributed by atoms with Gasteiger partial charge in [-0.3, -0.25) is 0 Å². The summed E-state index contributed by atoms with van der Waals surface area (Å²) in [5, 5.41) is 8.76. The first-order chi connectivity index (χ1) is 8.38. The Morgan fingerprint density at radius 1 is 0.824 bits per heavy atom. The van der Waals surface area contributed by atoms with E-state index in [0.29, 0.717) is 11.8 Å². The van der Waals surface area contributed by atoms with Crippen molar-refractivity contribution in [3.8, 4) is 6.07 Å². The normalized spacial score (nSPS) is 21.8. The first-order valence-electron chi connectivity index (χ1n) is 5.93. The highest BCUT2D eigenvalue weighted by Gasteiger charge is 2.39. The maximum atomic E-state index is 8.76. The van der Waals surface area contributed by atoms with Gasteiger partial charge in [0.2, 0.25) is 0 Å². The molecule has 1 saturated carbocycles. The average molecular weight is 219 g/mol. The van der Waals surface area contributed by atoms with Crippen LogP contribution in [0.3, 0.4) is 0 Å². The molecule has 0 unspecified atom stereocenters. The lowest BCUT2D eigenvalue weighted by molar-refractivity contribution is 1.03. The van der Waals surface area contributed by atoms with Gasteiger partial charge >= 0.3 is 0 Å². The lowest BCUT2D eigenvalue weighted by Gasteiger charge is -2.01. The van der Waals surface area contributed by atoms with Gasteiger partial charge in [-0.25, -0.2) is 0 Å². The summed E-state index contributed by atoms with van der Waals surface area (Å²) in [6.07, 6.45) is 1.23. The Hall–Kier alpha value is -2.07. The molecule has 0 aliphatic heterocycles. The van der Waals surface area contributed by atoms with E-state index in [1.807, 2.05) is 12.1 Å². The average Bonchev–Trinajstić information content (AvgIpc) is 3.20. The monoisotopic (exact) mass is 219 g/mol. The summed E-state index contributed by atoms with van der Waals surface area (Å²) in [5.41, 5.74) is 3.53. The van der Waals surface area contributed by atoms with Gasteiger partial charge in [0.15, 0.2) is 0 Å². The van der Waals surface area contributed by atoms with Crippen LogP contribution in [0.5, 0.6) is 0 Å². The summed E-state index contributed by atoms with van der Waals surface area (Å²) < 4.78 is 0. The van der Waals surface area contributed by atoms with Gasteiger partial charge in [-0.15, -0.1) is 0 Å². The van der Waals surface area contributed by atoms with E-state index in [0.717, 1.165) is 5.56 Å². The van der Waals surface area contributed by atoms with E-state index in [4.69, 9.17) is 5.26 Å². The van der Waals surface area contributed by atoms with Gasteiger partial charge in [0.25, 0.3) is 0 Å². The molecule has 0 amide bonds. The molecule has 2 aromatic rings. The molecule has 1 aliphatic carbocycles. The Labute approximate surface area is 101 Å². The van der Waals surface area contributed by atoms with Crippen molar-refractivity contribution >= 4 is 0 Å². The summed E-state index contributed by atoms with van der Waals surface area (Å²) >= 11 is 0. The molecule has 3 rings (SSSR count). The van der Waals surface area contributed by atoms with Gasteiger partial charge < -0.3 is 0 Å². The maximum absolute atomic E-state index is 8.76. The Morgan fingerprint density at radius 2 is 1.41 bits per heavy atom. The Kier molecular flexibility index (Phi) is 2.42. The van der Waals surface area contributed by atoms with Crippen LogP contribution in [0.2, 0.25) is 0 Å². The van der Waals surface area contributed by atoms with Gasteiger partial charge in [-0.2, -0.15) is 5.26 Å². The molecule has 2 atom stereocenters. The Morgan fingerprint density at radius 3 is 2.00 bits per heavy atom. The van der Waals surface area contributed by atoms with Crippen LogP contribution in [0.4, 0.5) is 0 Å². The minimum Gasteiger partial charge on any atom is -0.192 e. The van der Waals surface area contributed by atoms with Crippen LogP contribution < -0.4 is 0 Å². The van der Waals surface area contributed by atoms with Crippen LogP contribution >= 0.6 is 0 Å². The molecule has 1 nitrogen and oxygen atoms in total. The van der Waals surface area contributed by atoms with E-state index in [-0.39, 0.29) is 0 Å². The van der Waals surface area contributed by atoms with Crippen molar-refractivity contribution in [2.75, 3.05) is 0 Å². The van der Waals surface area contributed by atoms with Crippen LogP contribution in [0.1, 0.15) is 34.9 Å². The predicted molar refractivity (Wildman–Crippen MR) is 67.7 cm³/mol. The molecule has 1 heteroatoms. The summed E-state index contributed by atoms with van der Waals surface area (Å²) in [7, 11) is 0. The summed E-state index contributed by atoms with van der Waals surface area (Å²) in [5.74, 6) is 1.31.